The molecule has 84 valence electrons. The summed E-state index contributed by atoms with van der Waals surface area (Å²) >= 11 is 0. The van der Waals surface area contributed by atoms with Crippen LogP contribution in [0.4, 0.5) is 0 Å². The van der Waals surface area contributed by atoms with Crippen LogP contribution in [0.15, 0.2) is 36.5 Å². The fraction of sp³-hybridized carbons (Fsp3) is 0.308. The Morgan fingerprint density at radius 2 is 2.00 bits per heavy atom. The highest BCUT2D eigenvalue weighted by Gasteiger charge is 2.23. The van der Waals surface area contributed by atoms with E-state index in [9.17, 15) is 0 Å². The monoisotopic (exact) mass is 216 g/mol. The molecule has 0 aliphatic carbocycles. The summed E-state index contributed by atoms with van der Waals surface area (Å²) in [5.41, 5.74) is 2.10. The molecule has 1 aromatic heterocycles. The van der Waals surface area contributed by atoms with Crippen molar-refractivity contribution < 1.29 is 4.84 Å². The fourth-order valence-electron chi connectivity index (χ4n) is 1.97. The van der Waals surface area contributed by atoms with Gasteiger partial charge in [0.2, 0.25) is 0 Å². The molecule has 0 aliphatic heterocycles. The van der Waals surface area contributed by atoms with Crippen LogP contribution in [0.3, 0.4) is 0 Å². The van der Waals surface area contributed by atoms with E-state index in [0.717, 1.165) is 10.9 Å². The van der Waals surface area contributed by atoms with Crippen LogP contribution in [0.25, 0.3) is 10.9 Å². The van der Waals surface area contributed by atoms with Crippen LogP contribution in [-0.2, 0) is 10.3 Å². The van der Waals surface area contributed by atoms with E-state index in [0.29, 0.717) is 6.61 Å². The Morgan fingerprint density at radius 3 is 2.75 bits per heavy atom. The van der Waals surface area contributed by atoms with Crippen LogP contribution >= 0.6 is 0 Å². The van der Waals surface area contributed by atoms with Gasteiger partial charge < -0.3 is 4.84 Å². The minimum atomic E-state index is -0.114. The number of benzene rings is 1. The first-order valence-electron chi connectivity index (χ1n) is 5.31. The first-order valence-corrected chi connectivity index (χ1v) is 5.31. The third-order valence-electron chi connectivity index (χ3n) is 2.82. The molecule has 0 saturated heterocycles. The van der Waals surface area contributed by atoms with Gasteiger partial charge in [0.1, 0.15) is 0 Å². The van der Waals surface area contributed by atoms with E-state index in [4.69, 9.17) is 10.7 Å². The molecule has 3 heteroatoms. The van der Waals surface area contributed by atoms with Crippen molar-refractivity contribution in [2.24, 2.45) is 5.90 Å². The molecule has 0 fully saturated rings. The summed E-state index contributed by atoms with van der Waals surface area (Å²) in [6.45, 7) is 4.71. The zero-order chi connectivity index (χ0) is 11.6. The van der Waals surface area contributed by atoms with Gasteiger partial charge in [-0.25, -0.2) is 5.90 Å². The quantitative estimate of drug-likeness (QED) is 0.801. The second-order valence-electron chi connectivity index (χ2n) is 4.57. The second kappa shape index (κ2) is 4.20. The maximum atomic E-state index is 5.18. The molecule has 0 radical (unpaired) electrons. The van der Waals surface area contributed by atoms with Crippen molar-refractivity contribution in [1.29, 1.82) is 0 Å². The number of nitrogens with two attached hydrogens (primary N) is 1. The molecule has 0 saturated carbocycles. The zero-order valence-corrected chi connectivity index (χ0v) is 9.60. The molecule has 3 nitrogen and oxygen atoms in total. The summed E-state index contributed by atoms with van der Waals surface area (Å²) in [5, 5.41) is 1.16. The van der Waals surface area contributed by atoms with Crippen molar-refractivity contribution in [2.75, 3.05) is 6.61 Å². The van der Waals surface area contributed by atoms with Crippen LogP contribution in [0.2, 0.25) is 0 Å². The Bertz CT molecular complexity index is 489. The highest BCUT2D eigenvalue weighted by atomic mass is 16.6. The molecular weight excluding hydrogens is 200 g/mol. The molecule has 0 spiro atoms. The molecule has 1 heterocycles. The van der Waals surface area contributed by atoms with Crippen LogP contribution in [0, 0.1) is 0 Å². The van der Waals surface area contributed by atoms with E-state index in [-0.39, 0.29) is 5.41 Å². The van der Waals surface area contributed by atoms with E-state index in [1.807, 2.05) is 30.5 Å². The van der Waals surface area contributed by atoms with Gasteiger partial charge in [0.25, 0.3) is 0 Å². The number of aromatic nitrogens is 1. The van der Waals surface area contributed by atoms with Gasteiger partial charge in [-0.05, 0) is 17.7 Å². The van der Waals surface area contributed by atoms with Crippen molar-refractivity contribution in [3.05, 3.63) is 42.1 Å². The Morgan fingerprint density at radius 1 is 1.25 bits per heavy atom. The Labute approximate surface area is 95.2 Å². The van der Waals surface area contributed by atoms with Gasteiger partial charge in [0.15, 0.2) is 0 Å². The average molecular weight is 216 g/mol. The largest absolute Gasteiger partial charge is 0.304 e. The molecule has 16 heavy (non-hydrogen) atoms. The lowest BCUT2D eigenvalue weighted by Gasteiger charge is -2.25. The van der Waals surface area contributed by atoms with Crippen molar-refractivity contribution in [3.8, 4) is 0 Å². The normalized spacial score (nSPS) is 11.9. The number of fused-ring (bicyclic) bond motifs is 1. The van der Waals surface area contributed by atoms with E-state index >= 15 is 0 Å². The molecule has 0 atom stereocenters. The molecule has 1 aromatic carbocycles. The third-order valence-corrected chi connectivity index (χ3v) is 2.82. The van der Waals surface area contributed by atoms with Gasteiger partial charge in [-0.1, -0.05) is 32.0 Å². The standard InChI is InChI=1S/C13H16N2O/c1-13(2,9-16-14)11-7-8-15-12-6-4-3-5-10(11)12/h3-8H,9,14H2,1-2H3. The maximum Gasteiger partial charge on any atom is 0.0770 e. The molecular formula is C13H16N2O. The fourth-order valence-corrected chi connectivity index (χ4v) is 1.97. The number of hydrogen-bond donors (Lipinski definition) is 1. The summed E-state index contributed by atoms with van der Waals surface area (Å²) < 4.78 is 0. The van der Waals surface area contributed by atoms with Crippen molar-refractivity contribution in [3.63, 3.8) is 0 Å². The van der Waals surface area contributed by atoms with E-state index in [1.165, 1.54) is 5.56 Å². The van der Waals surface area contributed by atoms with Crippen molar-refractivity contribution >= 4 is 10.9 Å². The lowest BCUT2D eigenvalue weighted by atomic mass is 9.83. The van der Waals surface area contributed by atoms with Gasteiger partial charge in [0, 0.05) is 17.0 Å². The van der Waals surface area contributed by atoms with E-state index in [2.05, 4.69) is 24.9 Å². The summed E-state index contributed by atoms with van der Waals surface area (Å²) in [6, 6.07) is 10.1. The number of pyridine rings is 1. The lowest BCUT2D eigenvalue weighted by Crippen LogP contribution is -2.26. The minimum absolute atomic E-state index is 0.114. The Balaban J connectivity index is 2.60. The van der Waals surface area contributed by atoms with Crippen molar-refractivity contribution in [1.82, 2.24) is 4.98 Å². The number of para-hydroxylation sites is 1. The van der Waals surface area contributed by atoms with E-state index < -0.39 is 0 Å². The molecule has 2 N–H and O–H groups in total. The first-order chi connectivity index (χ1) is 7.65. The van der Waals surface area contributed by atoms with Gasteiger partial charge >= 0.3 is 0 Å². The highest BCUT2D eigenvalue weighted by molar-refractivity contribution is 5.82. The topological polar surface area (TPSA) is 48.1 Å². The van der Waals surface area contributed by atoms with Gasteiger partial charge in [-0.15, -0.1) is 0 Å². The average Bonchev–Trinajstić information content (AvgIpc) is 2.28. The lowest BCUT2D eigenvalue weighted by molar-refractivity contribution is 0.0969. The summed E-state index contributed by atoms with van der Waals surface area (Å²) in [5.74, 6) is 5.18. The smallest absolute Gasteiger partial charge is 0.0770 e. The van der Waals surface area contributed by atoms with E-state index in [1.54, 1.807) is 0 Å². The third kappa shape index (κ3) is 1.92. The number of hydrogen-bond acceptors (Lipinski definition) is 3. The minimum Gasteiger partial charge on any atom is -0.304 e. The Kier molecular flexibility index (Phi) is 2.90. The van der Waals surface area contributed by atoms with Gasteiger partial charge in [0.05, 0.1) is 12.1 Å². The second-order valence-corrected chi connectivity index (χ2v) is 4.57. The molecule has 0 bridgehead atoms. The first kappa shape index (κ1) is 11.0. The predicted molar refractivity (Wildman–Crippen MR) is 64.9 cm³/mol. The maximum absolute atomic E-state index is 5.18. The summed E-state index contributed by atoms with van der Waals surface area (Å²) in [6.07, 6.45) is 1.83. The molecule has 2 aromatic rings. The summed E-state index contributed by atoms with van der Waals surface area (Å²) in [4.78, 5) is 9.13. The number of rotatable bonds is 3. The molecule has 0 amide bonds. The van der Waals surface area contributed by atoms with Crippen LogP contribution in [0.1, 0.15) is 19.4 Å². The van der Waals surface area contributed by atoms with Crippen LogP contribution in [-0.4, -0.2) is 11.6 Å². The van der Waals surface area contributed by atoms with Crippen LogP contribution in [0.5, 0.6) is 0 Å². The van der Waals surface area contributed by atoms with Crippen molar-refractivity contribution in [2.45, 2.75) is 19.3 Å². The van der Waals surface area contributed by atoms with Gasteiger partial charge in [-0.2, -0.15) is 0 Å². The Hall–Kier alpha value is -1.45. The molecule has 0 unspecified atom stereocenters. The highest BCUT2D eigenvalue weighted by Crippen LogP contribution is 2.29. The molecule has 2 rings (SSSR count). The van der Waals surface area contributed by atoms with Gasteiger partial charge in [-0.3, -0.25) is 4.98 Å². The molecule has 0 aliphatic rings. The zero-order valence-electron chi connectivity index (χ0n) is 9.60. The summed E-state index contributed by atoms with van der Waals surface area (Å²) in [7, 11) is 0. The SMILES string of the molecule is CC(C)(CON)c1ccnc2ccccc12. The van der Waals surface area contributed by atoms with Crippen LogP contribution < -0.4 is 5.90 Å². The predicted octanol–water partition coefficient (Wildman–Crippen LogP) is 2.40. The number of nitrogens with zero attached hydrogens (tertiary/aromatic N) is 1.